The zero-order valence-electron chi connectivity index (χ0n) is 14.8. The third-order valence-electron chi connectivity index (χ3n) is 4.64. The molecule has 5 nitrogen and oxygen atoms in total. The number of pyridine rings is 1. The first-order valence-corrected chi connectivity index (χ1v) is 8.65. The van der Waals surface area contributed by atoms with Gasteiger partial charge in [0.2, 0.25) is 5.88 Å². The highest BCUT2D eigenvalue weighted by molar-refractivity contribution is 5.94. The normalized spacial score (nSPS) is 15.0. The first-order valence-electron chi connectivity index (χ1n) is 8.65. The molecule has 0 unspecified atom stereocenters. The van der Waals surface area contributed by atoms with Crippen molar-refractivity contribution >= 4 is 5.91 Å². The fourth-order valence-electron chi connectivity index (χ4n) is 3.06. The number of carbonyl (C=O) groups excluding carboxylic acids is 1. The van der Waals surface area contributed by atoms with E-state index in [1.54, 1.807) is 19.4 Å². The number of hydrogen-bond donors (Lipinski definition) is 0. The topological polar surface area (TPSA) is 51.7 Å². The molecule has 5 heteroatoms. The van der Waals surface area contributed by atoms with E-state index in [2.05, 4.69) is 4.98 Å². The third kappa shape index (κ3) is 4.29. The van der Waals surface area contributed by atoms with Crippen LogP contribution in [0.2, 0.25) is 0 Å². The lowest BCUT2D eigenvalue weighted by Gasteiger charge is -2.32. The van der Waals surface area contributed by atoms with Crippen molar-refractivity contribution < 1.29 is 14.3 Å². The summed E-state index contributed by atoms with van der Waals surface area (Å²) in [5.41, 5.74) is 1.73. The Morgan fingerprint density at radius 1 is 1.24 bits per heavy atom. The van der Waals surface area contributed by atoms with Gasteiger partial charge in [-0.1, -0.05) is 12.1 Å². The summed E-state index contributed by atoms with van der Waals surface area (Å²) >= 11 is 0. The zero-order chi connectivity index (χ0) is 17.6. The van der Waals surface area contributed by atoms with E-state index in [1.165, 1.54) is 0 Å². The lowest BCUT2D eigenvalue weighted by atomic mass is 9.97. The first-order chi connectivity index (χ1) is 12.2. The molecule has 0 atom stereocenters. The maximum atomic E-state index is 12.6. The molecule has 1 aliphatic heterocycles. The lowest BCUT2D eigenvalue weighted by Crippen LogP contribution is -2.39. The number of ether oxygens (including phenoxy) is 2. The van der Waals surface area contributed by atoms with E-state index in [-0.39, 0.29) is 5.91 Å². The second-order valence-corrected chi connectivity index (χ2v) is 6.40. The van der Waals surface area contributed by atoms with E-state index in [4.69, 9.17) is 9.47 Å². The highest BCUT2D eigenvalue weighted by Gasteiger charge is 2.24. The Morgan fingerprint density at radius 3 is 2.76 bits per heavy atom. The van der Waals surface area contributed by atoms with E-state index in [1.807, 2.05) is 42.2 Å². The van der Waals surface area contributed by atoms with Crippen molar-refractivity contribution in [3.8, 4) is 11.6 Å². The molecule has 0 aliphatic carbocycles. The number of carbonyl (C=O) groups is 1. The van der Waals surface area contributed by atoms with Gasteiger partial charge < -0.3 is 14.4 Å². The molecule has 25 heavy (non-hydrogen) atoms. The van der Waals surface area contributed by atoms with E-state index < -0.39 is 0 Å². The summed E-state index contributed by atoms with van der Waals surface area (Å²) in [6.45, 7) is 4.16. The van der Waals surface area contributed by atoms with Crippen molar-refractivity contribution in [2.45, 2.75) is 19.8 Å². The molecular formula is C20H24N2O3. The number of rotatable bonds is 5. The minimum absolute atomic E-state index is 0.0684. The fourth-order valence-corrected chi connectivity index (χ4v) is 3.06. The Kier molecular flexibility index (Phi) is 5.53. The highest BCUT2D eigenvalue weighted by atomic mass is 16.5. The average Bonchev–Trinajstić information content (AvgIpc) is 2.67. The summed E-state index contributed by atoms with van der Waals surface area (Å²) in [4.78, 5) is 18.8. The summed E-state index contributed by atoms with van der Waals surface area (Å²) in [5, 5.41) is 0. The minimum atomic E-state index is 0.0684. The number of hydrogen-bond acceptors (Lipinski definition) is 4. The summed E-state index contributed by atoms with van der Waals surface area (Å²) in [6.07, 6.45) is 3.64. The second kappa shape index (κ2) is 8.01. The van der Waals surface area contributed by atoms with Crippen molar-refractivity contribution in [2.24, 2.45) is 5.92 Å². The molecule has 0 N–H and O–H groups in total. The number of nitrogens with zero attached hydrogens (tertiary/aromatic N) is 2. The van der Waals surface area contributed by atoms with E-state index in [0.29, 0.717) is 29.7 Å². The van der Waals surface area contributed by atoms with Crippen molar-refractivity contribution in [1.29, 1.82) is 0 Å². The molecule has 1 saturated heterocycles. The van der Waals surface area contributed by atoms with Gasteiger partial charge in [0, 0.05) is 30.4 Å². The SMILES string of the molecule is COc1cccc(C(=O)N2CCC(COc3ncccc3C)CC2)c1. The van der Waals surface area contributed by atoms with E-state index in [9.17, 15) is 4.79 Å². The highest BCUT2D eigenvalue weighted by Crippen LogP contribution is 2.22. The molecule has 3 rings (SSSR count). The van der Waals surface area contributed by atoms with Crippen molar-refractivity contribution in [3.63, 3.8) is 0 Å². The van der Waals surface area contributed by atoms with Crippen molar-refractivity contribution in [2.75, 3.05) is 26.8 Å². The number of piperidine rings is 1. The number of aromatic nitrogens is 1. The number of methoxy groups -OCH3 is 1. The maximum Gasteiger partial charge on any atom is 0.253 e. The van der Waals surface area contributed by atoms with E-state index >= 15 is 0 Å². The van der Waals surface area contributed by atoms with Crippen LogP contribution in [-0.4, -0.2) is 42.6 Å². The van der Waals surface area contributed by atoms with Crippen LogP contribution >= 0.6 is 0 Å². The number of benzene rings is 1. The minimum Gasteiger partial charge on any atom is -0.497 e. The standard InChI is InChI=1S/C20H24N2O3/c1-15-5-4-10-21-19(15)25-14-16-8-11-22(12-9-16)20(23)17-6-3-7-18(13-17)24-2/h3-7,10,13,16H,8-9,11-12,14H2,1-2H3. The third-order valence-corrected chi connectivity index (χ3v) is 4.64. The van der Waals surface area contributed by atoms with Crippen LogP contribution in [0.1, 0.15) is 28.8 Å². The molecule has 1 aromatic heterocycles. The smallest absolute Gasteiger partial charge is 0.253 e. The van der Waals surface area contributed by atoms with Crippen LogP contribution in [0, 0.1) is 12.8 Å². The monoisotopic (exact) mass is 340 g/mol. The molecule has 1 aliphatic rings. The quantitative estimate of drug-likeness (QED) is 0.838. The summed E-state index contributed by atoms with van der Waals surface area (Å²) < 4.78 is 11.1. The van der Waals surface area contributed by atoms with Gasteiger partial charge in [0.05, 0.1) is 13.7 Å². The van der Waals surface area contributed by atoms with Crippen LogP contribution in [0.25, 0.3) is 0 Å². The molecular weight excluding hydrogens is 316 g/mol. The number of aryl methyl sites for hydroxylation is 1. The predicted molar refractivity (Wildman–Crippen MR) is 96.1 cm³/mol. The van der Waals surface area contributed by atoms with Gasteiger partial charge in [-0.3, -0.25) is 4.79 Å². The van der Waals surface area contributed by atoms with Gasteiger partial charge in [-0.05, 0) is 49.9 Å². The summed E-state index contributed by atoms with van der Waals surface area (Å²) in [6, 6.07) is 11.2. The molecule has 0 radical (unpaired) electrons. The molecule has 0 bridgehead atoms. The first kappa shape index (κ1) is 17.3. The van der Waals surface area contributed by atoms with Crippen LogP contribution in [0.3, 0.4) is 0 Å². The largest absolute Gasteiger partial charge is 0.497 e. The molecule has 2 heterocycles. The van der Waals surface area contributed by atoms with Crippen LogP contribution in [0.5, 0.6) is 11.6 Å². The second-order valence-electron chi connectivity index (χ2n) is 6.40. The number of amides is 1. The maximum absolute atomic E-state index is 12.6. The molecule has 0 spiro atoms. The fraction of sp³-hybridized carbons (Fsp3) is 0.400. The zero-order valence-corrected chi connectivity index (χ0v) is 14.8. The Balaban J connectivity index is 1.51. The van der Waals surface area contributed by atoms with Gasteiger partial charge in [-0.15, -0.1) is 0 Å². The number of likely N-dealkylation sites (tertiary alicyclic amines) is 1. The van der Waals surface area contributed by atoms with Gasteiger partial charge in [0.15, 0.2) is 0 Å². The van der Waals surface area contributed by atoms with Crippen LogP contribution in [0.4, 0.5) is 0 Å². The van der Waals surface area contributed by atoms with E-state index in [0.717, 1.165) is 31.5 Å². The lowest BCUT2D eigenvalue weighted by molar-refractivity contribution is 0.0659. The van der Waals surface area contributed by atoms with Gasteiger partial charge in [-0.25, -0.2) is 4.98 Å². The van der Waals surface area contributed by atoms with Gasteiger partial charge in [-0.2, -0.15) is 0 Å². The Labute approximate surface area is 148 Å². The molecule has 2 aromatic rings. The van der Waals surface area contributed by atoms with Crippen molar-refractivity contribution in [1.82, 2.24) is 9.88 Å². The Bertz CT molecular complexity index is 724. The molecule has 1 fully saturated rings. The summed E-state index contributed by atoms with van der Waals surface area (Å²) in [5.74, 6) is 1.94. The Hall–Kier alpha value is -2.56. The molecule has 132 valence electrons. The van der Waals surface area contributed by atoms with Crippen LogP contribution < -0.4 is 9.47 Å². The molecule has 1 aromatic carbocycles. The Morgan fingerprint density at radius 2 is 2.04 bits per heavy atom. The molecule has 1 amide bonds. The summed E-state index contributed by atoms with van der Waals surface area (Å²) in [7, 11) is 1.61. The van der Waals surface area contributed by atoms with Gasteiger partial charge in [0.1, 0.15) is 5.75 Å². The van der Waals surface area contributed by atoms with Gasteiger partial charge in [0.25, 0.3) is 5.91 Å². The van der Waals surface area contributed by atoms with Crippen molar-refractivity contribution in [3.05, 3.63) is 53.7 Å². The average molecular weight is 340 g/mol. The van der Waals surface area contributed by atoms with Crippen LogP contribution in [0.15, 0.2) is 42.6 Å². The van der Waals surface area contributed by atoms with Crippen LogP contribution in [-0.2, 0) is 0 Å². The molecule has 0 saturated carbocycles. The predicted octanol–water partition coefficient (Wildman–Crippen LogP) is 3.33. The van der Waals surface area contributed by atoms with Gasteiger partial charge >= 0.3 is 0 Å².